The van der Waals surface area contributed by atoms with Crippen LogP contribution in [0.25, 0.3) is 0 Å². The maximum atomic E-state index is 12.9. The Balaban J connectivity index is 1.45. The van der Waals surface area contributed by atoms with Crippen LogP contribution >= 0.6 is 0 Å². The number of anilines is 2. The van der Waals surface area contributed by atoms with Gasteiger partial charge in [-0.05, 0) is 62.6 Å². The summed E-state index contributed by atoms with van der Waals surface area (Å²) in [4.78, 5) is 27.2. The van der Waals surface area contributed by atoms with Gasteiger partial charge in [0.1, 0.15) is 5.69 Å². The van der Waals surface area contributed by atoms with E-state index in [2.05, 4.69) is 15.7 Å². The van der Waals surface area contributed by atoms with Crippen molar-refractivity contribution in [3.8, 4) is 0 Å². The molecule has 160 valence electrons. The van der Waals surface area contributed by atoms with Gasteiger partial charge in [-0.3, -0.25) is 9.48 Å². The molecule has 0 aliphatic carbocycles. The first kappa shape index (κ1) is 20.7. The summed E-state index contributed by atoms with van der Waals surface area (Å²) < 4.78 is 1.79. The number of benzene rings is 2. The van der Waals surface area contributed by atoms with Crippen LogP contribution in [0.2, 0.25) is 0 Å². The Labute approximate surface area is 182 Å². The molecule has 0 saturated heterocycles. The van der Waals surface area contributed by atoms with Crippen LogP contribution in [0.4, 0.5) is 16.2 Å². The molecule has 7 heteroatoms. The Morgan fingerprint density at radius 2 is 1.81 bits per heavy atom. The standard InChI is InChI=1S/C24H27N5O2/c1-16(2)29-14-12-22(27-29)23(30)28-13-11-20-18(15-28)5-4-6-21(20)26-24(31)25-19-9-7-17(3)8-10-19/h4-10,12,14,16H,11,13,15H2,1-3H3,(H2,25,26,31). The van der Waals surface area contributed by atoms with Gasteiger partial charge < -0.3 is 15.5 Å². The number of carbonyl (C=O) groups is 2. The van der Waals surface area contributed by atoms with Crippen LogP contribution in [0.5, 0.6) is 0 Å². The highest BCUT2D eigenvalue weighted by Crippen LogP contribution is 2.27. The van der Waals surface area contributed by atoms with Crippen LogP contribution in [0.1, 0.15) is 47.1 Å². The highest BCUT2D eigenvalue weighted by atomic mass is 16.2. The van der Waals surface area contributed by atoms with E-state index in [1.54, 1.807) is 10.7 Å². The summed E-state index contributed by atoms with van der Waals surface area (Å²) in [5, 5.41) is 10.2. The first-order chi connectivity index (χ1) is 14.9. The van der Waals surface area contributed by atoms with Crippen molar-refractivity contribution in [1.29, 1.82) is 0 Å². The minimum absolute atomic E-state index is 0.0690. The maximum absolute atomic E-state index is 12.9. The largest absolute Gasteiger partial charge is 0.333 e. The van der Waals surface area contributed by atoms with Crippen molar-refractivity contribution in [2.75, 3.05) is 17.2 Å². The molecule has 0 spiro atoms. The summed E-state index contributed by atoms with van der Waals surface area (Å²) in [6.07, 6.45) is 2.51. The minimum atomic E-state index is -0.282. The molecule has 7 nitrogen and oxygen atoms in total. The van der Waals surface area contributed by atoms with Crippen LogP contribution in [0, 0.1) is 6.92 Å². The van der Waals surface area contributed by atoms with Gasteiger partial charge in [-0.1, -0.05) is 29.8 Å². The predicted octanol–water partition coefficient (Wildman–Crippen LogP) is 4.61. The van der Waals surface area contributed by atoms with E-state index in [0.29, 0.717) is 25.2 Å². The third-order valence-corrected chi connectivity index (χ3v) is 5.47. The quantitative estimate of drug-likeness (QED) is 0.650. The smallest absolute Gasteiger partial charge is 0.323 e. The Morgan fingerprint density at radius 3 is 2.52 bits per heavy atom. The molecule has 0 atom stereocenters. The molecule has 0 fully saturated rings. The van der Waals surface area contributed by atoms with Gasteiger partial charge in [0, 0.05) is 36.7 Å². The first-order valence-corrected chi connectivity index (χ1v) is 10.5. The van der Waals surface area contributed by atoms with E-state index in [0.717, 1.165) is 28.1 Å². The summed E-state index contributed by atoms with van der Waals surface area (Å²) in [7, 11) is 0. The van der Waals surface area contributed by atoms with Crippen LogP contribution in [0.3, 0.4) is 0 Å². The number of aromatic nitrogens is 2. The van der Waals surface area contributed by atoms with Gasteiger partial charge in [0.25, 0.3) is 5.91 Å². The van der Waals surface area contributed by atoms with Crippen LogP contribution in [-0.2, 0) is 13.0 Å². The Bertz CT molecular complexity index is 1100. The number of hydrogen-bond donors (Lipinski definition) is 2. The number of nitrogens with one attached hydrogen (secondary N) is 2. The number of hydrogen-bond acceptors (Lipinski definition) is 3. The molecule has 0 saturated carbocycles. The Morgan fingerprint density at radius 1 is 1.03 bits per heavy atom. The highest BCUT2D eigenvalue weighted by Gasteiger charge is 2.25. The fraction of sp³-hybridized carbons (Fsp3) is 0.292. The summed E-state index contributed by atoms with van der Waals surface area (Å²) >= 11 is 0. The molecule has 1 aliphatic heterocycles. The summed E-state index contributed by atoms with van der Waals surface area (Å²) in [5.74, 6) is -0.0690. The summed E-state index contributed by atoms with van der Waals surface area (Å²) in [6.45, 7) is 7.14. The van der Waals surface area contributed by atoms with Crippen molar-refractivity contribution in [1.82, 2.24) is 14.7 Å². The van der Waals surface area contributed by atoms with Crippen molar-refractivity contribution in [3.63, 3.8) is 0 Å². The van der Waals surface area contributed by atoms with E-state index < -0.39 is 0 Å². The number of rotatable bonds is 4. The molecule has 0 unspecified atom stereocenters. The molecule has 1 aliphatic rings. The van der Waals surface area contributed by atoms with Crippen LogP contribution in [-0.4, -0.2) is 33.2 Å². The lowest BCUT2D eigenvalue weighted by atomic mass is 9.97. The zero-order valence-corrected chi connectivity index (χ0v) is 18.1. The van der Waals surface area contributed by atoms with E-state index in [1.807, 2.05) is 74.3 Å². The van der Waals surface area contributed by atoms with Crippen molar-refractivity contribution in [3.05, 3.63) is 77.1 Å². The average Bonchev–Trinajstić information content (AvgIpc) is 3.25. The zero-order chi connectivity index (χ0) is 22.0. The third kappa shape index (κ3) is 4.60. The number of urea groups is 1. The summed E-state index contributed by atoms with van der Waals surface area (Å²) in [6, 6.07) is 15.2. The molecule has 3 aromatic rings. The van der Waals surface area contributed by atoms with E-state index in [-0.39, 0.29) is 18.0 Å². The van der Waals surface area contributed by atoms with E-state index in [9.17, 15) is 9.59 Å². The maximum Gasteiger partial charge on any atom is 0.323 e. The second kappa shape index (κ2) is 8.63. The number of aryl methyl sites for hydroxylation is 1. The van der Waals surface area contributed by atoms with Gasteiger partial charge in [0.15, 0.2) is 0 Å². The van der Waals surface area contributed by atoms with E-state index in [1.165, 1.54) is 0 Å². The lowest BCUT2D eigenvalue weighted by Crippen LogP contribution is -2.36. The SMILES string of the molecule is Cc1ccc(NC(=O)Nc2cccc3c2CCN(C(=O)c2ccn(C(C)C)n2)C3)cc1. The average molecular weight is 418 g/mol. The van der Waals surface area contributed by atoms with Gasteiger partial charge >= 0.3 is 6.03 Å². The molecule has 0 radical (unpaired) electrons. The van der Waals surface area contributed by atoms with Gasteiger partial charge in [0.05, 0.1) is 0 Å². The van der Waals surface area contributed by atoms with Gasteiger partial charge in [-0.15, -0.1) is 0 Å². The van der Waals surface area contributed by atoms with Gasteiger partial charge in [-0.25, -0.2) is 4.79 Å². The topological polar surface area (TPSA) is 79.3 Å². The fourth-order valence-corrected chi connectivity index (χ4v) is 3.72. The highest BCUT2D eigenvalue weighted by molar-refractivity contribution is 6.00. The van der Waals surface area contributed by atoms with Crippen molar-refractivity contribution < 1.29 is 9.59 Å². The van der Waals surface area contributed by atoms with Gasteiger partial charge in [-0.2, -0.15) is 5.10 Å². The lowest BCUT2D eigenvalue weighted by Gasteiger charge is -2.29. The Hall–Kier alpha value is -3.61. The number of carbonyl (C=O) groups excluding carboxylic acids is 2. The molecular weight excluding hydrogens is 390 g/mol. The van der Waals surface area contributed by atoms with E-state index in [4.69, 9.17) is 0 Å². The molecule has 4 rings (SSSR count). The van der Waals surface area contributed by atoms with Crippen LogP contribution in [0.15, 0.2) is 54.7 Å². The number of amides is 3. The van der Waals surface area contributed by atoms with E-state index >= 15 is 0 Å². The van der Waals surface area contributed by atoms with Crippen molar-refractivity contribution in [2.45, 2.75) is 39.8 Å². The lowest BCUT2D eigenvalue weighted by molar-refractivity contribution is 0.0727. The molecule has 2 N–H and O–H groups in total. The molecule has 3 amide bonds. The number of nitrogens with zero attached hydrogens (tertiary/aromatic N) is 3. The Kier molecular flexibility index (Phi) is 5.75. The second-order valence-corrected chi connectivity index (χ2v) is 8.14. The van der Waals surface area contributed by atoms with Crippen molar-refractivity contribution in [2.24, 2.45) is 0 Å². The van der Waals surface area contributed by atoms with Gasteiger partial charge in [0.2, 0.25) is 0 Å². The second-order valence-electron chi connectivity index (χ2n) is 8.14. The number of fused-ring (bicyclic) bond motifs is 1. The monoisotopic (exact) mass is 417 g/mol. The molecule has 2 heterocycles. The molecule has 1 aromatic heterocycles. The summed E-state index contributed by atoms with van der Waals surface area (Å²) in [5.41, 5.74) is 5.22. The van der Waals surface area contributed by atoms with Crippen LogP contribution < -0.4 is 10.6 Å². The fourth-order valence-electron chi connectivity index (χ4n) is 3.72. The molecule has 31 heavy (non-hydrogen) atoms. The third-order valence-electron chi connectivity index (χ3n) is 5.47. The molecular formula is C24H27N5O2. The predicted molar refractivity (Wildman–Crippen MR) is 121 cm³/mol. The first-order valence-electron chi connectivity index (χ1n) is 10.5. The van der Waals surface area contributed by atoms with Crippen molar-refractivity contribution >= 4 is 23.3 Å². The normalized spacial score (nSPS) is 13.1. The minimum Gasteiger partial charge on any atom is -0.333 e. The molecule has 0 bridgehead atoms. The molecule has 2 aromatic carbocycles. The zero-order valence-electron chi connectivity index (χ0n) is 18.1.